The van der Waals surface area contributed by atoms with Crippen LogP contribution in [0.15, 0.2) is 47.4 Å². The maximum Gasteiger partial charge on any atom is 0.240 e. The van der Waals surface area contributed by atoms with Crippen molar-refractivity contribution < 1.29 is 13.2 Å². The van der Waals surface area contributed by atoms with Gasteiger partial charge in [0.25, 0.3) is 0 Å². The van der Waals surface area contributed by atoms with Gasteiger partial charge in [-0.3, -0.25) is 4.79 Å². The molecule has 1 fully saturated rings. The Morgan fingerprint density at radius 2 is 1.82 bits per heavy atom. The normalized spacial score (nSPS) is 14.0. The maximum atomic E-state index is 12.3. The van der Waals surface area contributed by atoms with Crippen LogP contribution in [0, 0.1) is 0 Å². The third-order valence-corrected chi connectivity index (χ3v) is 6.32. The van der Waals surface area contributed by atoms with Crippen LogP contribution in [0.5, 0.6) is 0 Å². The number of carbonyl (C=O) groups excluding carboxylic acids is 1. The largest absolute Gasteiger partial charge is 0.375 e. The van der Waals surface area contributed by atoms with Crippen molar-refractivity contribution in [3.63, 3.8) is 0 Å². The quantitative estimate of drug-likeness (QED) is 0.684. The average Bonchev–Trinajstić information content (AvgIpc) is 3.43. The van der Waals surface area contributed by atoms with E-state index in [1.807, 2.05) is 25.1 Å². The third-order valence-electron chi connectivity index (χ3n) is 4.48. The average molecular weight is 422 g/mol. The molecule has 8 heteroatoms. The summed E-state index contributed by atoms with van der Waals surface area (Å²) in [4.78, 5) is 14.5. The molecule has 150 valence electrons. The molecular formula is C20H24ClN3O3S. The van der Waals surface area contributed by atoms with Gasteiger partial charge in [0.15, 0.2) is 0 Å². The van der Waals surface area contributed by atoms with Gasteiger partial charge in [-0.15, -0.1) is 0 Å². The molecule has 1 amide bonds. The predicted molar refractivity (Wildman–Crippen MR) is 113 cm³/mol. The number of anilines is 2. The second-order valence-corrected chi connectivity index (χ2v) is 9.24. The molecule has 28 heavy (non-hydrogen) atoms. The number of aryl methyl sites for hydroxylation is 1. The second kappa shape index (κ2) is 8.51. The van der Waals surface area contributed by atoms with Gasteiger partial charge in [-0.25, -0.2) is 13.1 Å². The van der Waals surface area contributed by atoms with Crippen molar-refractivity contribution in [3.8, 4) is 0 Å². The highest BCUT2D eigenvalue weighted by Gasteiger charge is 2.27. The van der Waals surface area contributed by atoms with Crippen LogP contribution in [0.3, 0.4) is 0 Å². The van der Waals surface area contributed by atoms with Crippen LogP contribution in [-0.4, -0.2) is 34.5 Å². The van der Waals surface area contributed by atoms with E-state index in [2.05, 4.69) is 10.0 Å². The number of sulfonamides is 1. The highest BCUT2D eigenvalue weighted by molar-refractivity contribution is 7.89. The van der Waals surface area contributed by atoms with E-state index < -0.39 is 10.0 Å². The molecule has 0 radical (unpaired) electrons. The second-order valence-electron chi connectivity index (χ2n) is 7.12. The van der Waals surface area contributed by atoms with E-state index in [9.17, 15) is 13.2 Å². The molecule has 2 aromatic rings. The monoisotopic (exact) mass is 421 g/mol. The summed E-state index contributed by atoms with van der Waals surface area (Å²) in [6.07, 6.45) is 2.59. The number of hydrogen-bond donors (Lipinski definition) is 2. The predicted octanol–water partition coefficient (Wildman–Crippen LogP) is 3.42. The summed E-state index contributed by atoms with van der Waals surface area (Å²) >= 11 is 6.22. The molecule has 0 heterocycles. The van der Waals surface area contributed by atoms with E-state index in [1.165, 1.54) is 0 Å². The van der Waals surface area contributed by atoms with Crippen LogP contribution in [0.1, 0.15) is 24.8 Å². The van der Waals surface area contributed by atoms with E-state index in [1.54, 1.807) is 36.4 Å². The van der Waals surface area contributed by atoms with Crippen molar-refractivity contribution in [1.29, 1.82) is 0 Å². The molecule has 1 aliphatic carbocycles. The van der Waals surface area contributed by atoms with Crippen LogP contribution < -0.4 is 14.9 Å². The molecule has 0 aromatic heterocycles. The molecule has 3 rings (SSSR count). The van der Waals surface area contributed by atoms with E-state index in [4.69, 9.17) is 11.6 Å². The maximum absolute atomic E-state index is 12.3. The Labute approximate surface area is 170 Å². The number of nitrogens with one attached hydrogen (secondary N) is 2. The highest BCUT2D eigenvalue weighted by atomic mass is 35.5. The molecule has 0 saturated heterocycles. The number of benzene rings is 2. The topological polar surface area (TPSA) is 78.5 Å². The van der Waals surface area contributed by atoms with Crippen molar-refractivity contribution in [2.45, 2.75) is 36.6 Å². The minimum Gasteiger partial charge on any atom is -0.375 e. The van der Waals surface area contributed by atoms with E-state index in [0.717, 1.165) is 24.1 Å². The number of rotatable bonds is 8. The van der Waals surface area contributed by atoms with Gasteiger partial charge in [0.2, 0.25) is 15.9 Å². The van der Waals surface area contributed by atoms with Gasteiger partial charge in [0.05, 0.1) is 21.3 Å². The van der Waals surface area contributed by atoms with Crippen molar-refractivity contribution in [1.82, 2.24) is 4.72 Å². The van der Waals surface area contributed by atoms with E-state index in [0.29, 0.717) is 17.1 Å². The van der Waals surface area contributed by atoms with Gasteiger partial charge in [-0.1, -0.05) is 29.8 Å². The molecule has 6 nitrogen and oxygen atoms in total. The number of amides is 1. The Balaban J connectivity index is 1.58. The van der Waals surface area contributed by atoms with E-state index in [-0.39, 0.29) is 23.3 Å². The SMILES string of the molecule is CN(C)c1c(Cl)cccc1NC(=O)CCc1ccc(S(=O)(=O)NC2CC2)cc1. The van der Waals surface area contributed by atoms with Crippen LogP contribution in [0.2, 0.25) is 5.02 Å². The summed E-state index contributed by atoms with van der Waals surface area (Å²) < 4.78 is 27.0. The zero-order valence-corrected chi connectivity index (χ0v) is 17.5. The van der Waals surface area contributed by atoms with Gasteiger partial charge in [0, 0.05) is 26.6 Å². The summed E-state index contributed by atoms with van der Waals surface area (Å²) in [5.41, 5.74) is 2.32. The Bertz CT molecular complexity index is 955. The smallest absolute Gasteiger partial charge is 0.240 e. The number of hydrogen-bond acceptors (Lipinski definition) is 4. The molecule has 1 saturated carbocycles. The summed E-state index contributed by atoms with van der Waals surface area (Å²) in [6, 6.07) is 12.1. The number of para-hydroxylation sites is 1. The first-order chi connectivity index (χ1) is 13.3. The molecule has 0 bridgehead atoms. The van der Waals surface area contributed by atoms with Crippen LogP contribution in [-0.2, 0) is 21.2 Å². The molecule has 1 aliphatic rings. The minimum absolute atomic E-state index is 0.0759. The standard InChI is InChI=1S/C20H24ClN3O3S/c1-24(2)20-17(21)4-3-5-18(20)22-19(25)13-8-14-6-11-16(12-7-14)28(26,27)23-15-9-10-15/h3-7,11-12,15,23H,8-10,13H2,1-2H3,(H,22,25). The van der Waals surface area contributed by atoms with Gasteiger partial charge >= 0.3 is 0 Å². The van der Waals surface area contributed by atoms with Gasteiger partial charge in [-0.05, 0) is 49.1 Å². The first-order valence-electron chi connectivity index (χ1n) is 9.13. The van der Waals surface area contributed by atoms with Crippen LogP contribution in [0.4, 0.5) is 11.4 Å². The van der Waals surface area contributed by atoms with Crippen LogP contribution >= 0.6 is 11.6 Å². The lowest BCUT2D eigenvalue weighted by Crippen LogP contribution is -2.25. The van der Waals surface area contributed by atoms with Crippen molar-refractivity contribution in [2.75, 3.05) is 24.3 Å². The Kier molecular flexibility index (Phi) is 6.27. The first kappa shape index (κ1) is 20.6. The highest BCUT2D eigenvalue weighted by Crippen LogP contribution is 2.32. The first-order valence-corrected chi connectivity index (χ1v) is 11.0. The molecular weight excluding hydrogens is 398 g/mol. The summed E-state index contributed by atoms with van der Waals surface area (Å²) in [5.74, 6) is -0.127. The summed E-state index contributed by atoms with van der Waals surface area (Å²) in [5, 5.41) is 3.47. The number of halogens is 1. The summed E-state index contributed by atoms with van der Waals surface area (Å²) in [7, 11) is 0.282. The van der Waals surface area contributed by atoms with Crippen molar-refractivity contribution in [2.24, 2.45) is 0 Å². The molecule has 0 unspecified atom stereocenters. The fraction of sp³-hybridized carbons (Fsp3) is 0.350. The fourth-order valence-corrected chi connectivity index (χ4v) is 4.51. The molecule has 0 aliphatic heterocycles. The Morgan fingerprint density at radius 1 is 1.14 bits per heavy atom. The van der Waals surface area contributed by atoms with Gasteiger partial charge in [-0.2, -0.15) is 0 Å². The number of carbonyl (C=O) groups is 1. The molecule has 0 atom stereocenters. The number of nitrogens with zero attached hydrogens (tertiary/aromatic N) is 1. The molecule has 0 spiro atoms. The Morgan fingerprint density at radius 3 is 2.43 bits per heavy atom. The van der Waals surface area contributed by atoms with Gasteiger partial charge in [0.1, 0.15) is 0 Å². The lowest BCUT2D eigenvalue weighted by Gasteiger charge is -2.19. The summed E-state index contributed by atoms with van der Waals surface area (Å²) in [6.45, 7) is 0. The van der Waals surface area contributed by atoms with Crippen molar-refractivity contribution in [3.05, 3.63) is 53.1 Å². The fourth-order valence-electron chi connectivity index (χ4n) is 2.87. The van der Waals surface area contributed by atoms with Gasteiger partial charge < -0.3 is 10.2 Å². The van der Waals surface area contributed by atoms with E-state index >= 15 is 0 Å². The lowest BCUT2D eigenvalue weighted by atomic mass is 10.1. The molecule has 2 N–H and O–H groups in total. The van der Waals surface area contributed by atoms with Crippen LogP contribution in [0.25, 0.3) is 0 Å². The molecule has 2 aromatic carbocycles. The van der Waals surface area contributed by atoms with Crippen molar-refractivity contribution >= 4 is 38.9 Å². The third kappa shape index (κ3) is 5.25. The minimum atomic E-state index is -3.45. The Hall–Kier alpha value is -2.09. The zero-order chi connectivity index (χ0) is 20.3. The lowest BCUT2D eigenvalue weighted by molar-refractivity contribution is -0.116. The zero-order valence-electron chi connectivity index (χ0n) is 15.9.